The quantitative estimate of drug-likeness (QED) is 0.482. The van der Waals surface area contributed by atoms with E-state index < -0.39 is 18.5 Å². The van der Waals surface area contributed by atoms with Crippen LogP contribution in [0.3, 0.4) is 0 Å². The first-order valence-corrected chi connectivity index (χ1v) is 7.33. The van der Waals surface area contributed by atoms with Gasteiger partial charge in [0.05, 0.1) is 11.7 Å². The Bertz CT molecular complexity index is 422. The summed E-state index contributed by atoms with van der Waals surface area (Å²) in [5.74, 6) is -0.0230. The van der Waals surface area contributed by atoms with Crippen molar-refractivity contribution in [1.29, 1.82) is 0 Å². The number of aliphatic hydroxyl groups is 2. The lowest BCUT2D eigenvalue weighted by Gasteiger charge is -2.19. The molecule has 0 bridgehead atoms. The Kier molecular flexibility index (Phi) is 7.65. The fourth-order valence-corrected chi connectivity index (χ4v) is 2.07. The number of carbonyl (C=O) groups excluding carboxylic acids is 1. The number of hydrogen-bond donors (Lipinski definition) is 3. The molecule has 0 radical (unpaired) electrons. The second-order valence-corrected chi connectivity index (χ2v) is 5.33. The van der Waals surface area contributed by atoms with Gasteiger partial charge >= 0.3 is 0 Å². The lowest BCUT2D eigenvalue weighted by molar-refractivity contribution is 0.0878. The van der Waals surface area contributed by atoms with Crippen molar-refractivity contribution in [3.63, 3.8) is 0 Å². The van der Waals surface area contributed by atoms with Gasteiger partial charge in [0.2, 0.25) is 0 Å². The molecular weight excluding hydrogens is 276 g/mol. The summed E-state index contributed by atoms with van der Waals surface area (Å²) in [6, 6.07) is 6.69. The number of ketones is 1. The molecule has 1 aromatic rings. The molecule has 2 unspecified atom stereocenters. The summed E-state index contributed by atoms with van der Waals surface area (Å²) in [7, 11) is 0. The van der Waals surface area contributed by atoms with E-state index in [1.54, 1.807) is 24.3 Å². The third-order valence-corrected chi connectivity index (χ3v) is 3.64. The Hall–Kier alpha value is -1.04. The predicted molar refractivity (Wildman–Crippen MR) is 81.7 cm³/mol. The van der Waals surface area contributed by atoms with Crippen LogP contribution in [-0.4, -0.2) is 40.6 Å². The Morgan fingerprint density at radius 2 is 2.10 bits per heavy atom. The van der Waals surface area contributed by atoms with Crippen molar-refractivity contribution in [2.24, 2.45) is 0 Å². The van der Waals surface area contributed by atoms with Crippen molar-refractivity contribution in [1.82, 2.24) is 0 Å². The van der Waals surface area contributed by atoms with Crippen LogP contribution in [0.1, 0.15) is 36.5 Å². The van der Waals surface area contributed by atoms with E-state index in [0.717, 1.165) is 19.3 Å². The molecule has 0 aliphatic carbocycles. The molecule has 4 nitrogen and oxygen atoms in total. The maximum atomic E-state index is 11.5. The average molecular weight is 298 g/mol. The first-order valence-electron chi connectivity index (χ1n) is 6.82. The zero-order valence-electron chi connectivity index (χ0n) is 11.7. The lowest BCUT2D eigenvalue weighted by atomic mass is 10.1. The summed E-state index contributed by atoms with van der Waals surface area (Å²) in [5.41, 5.74) is 0.325. The molecule has 0 aliphatic rings. The van der Waals surface area contributed by atoms with E-state index in [9.17, 15) is 9.90 Å². The van der Waals surface area contributed by atoms with Crippen LogP contribution >= 0.6 is 12.6 Å². The molecule has 0 saturated carbocycles. The van der Waals surface area contributed by atoms with Crippen molar-refractivity contribution >= 4 is 18.4 Å². The SMILES string of the molecule is CCCCC(S)C(O)COc1ccccc1C(=O)CO. The second kappa shape index (κ2) is 9.00. The smallest absolute Gasteiger partial charge is 0.191 e. The minimum atomic E-state index is -0.692. The summed E-state index contributed by atoms with van der Waals surface area (Å²) in [6.07, 6.45) is 2.19. The number of unbranched alkanes of at least 4 members (excludes halogenated alkanes) is 1. The number of carbonyl (C=O) groups is 1. The largest absolute Gasteiger partial charge is 0.490 e. The van der Waals surface area contributed by atoms with Crippen molar-refractivity contribution in [3.8, 4) is 5.75 Å². The van der Waals surface area contributed by atoms with Gasteiger partial charge in [0.1, 0.15) is 19.0 Å². The van der Waals surface area contributed by atoms with Gasteiger partial charge in [-0.05, 0) is 18.6 Å². The molecule has 0 heterocycles. The molecule has 112 valence electrons. The lowest BCUT2D eigenvalue weighted by Crippen LogP contribution is -2.28. The van der Waals surface area contributed by atoms with Crippen LogP contribution in [0, 0.1) is 0 Å². The minimum Gasteiger partial charge on any atom is -0.490 e. The van der Waals surface area contributed by atoms with Crippen LogP contribution in [0.5, 0.6) is 5.75 Å². The third-order valence-electron chi connectivity index (χ3n) is 3.04. The fourth-order valence-electron chi connectivity index (χ4n) is 1.80. The number of thiol groups is 1. The number of ether oxygens (including phenoxy) is 1. The van der Waals surface area contributed by atoms with E-state index in [1.165, 1.54) is 0 Å². The Labute approximate surface area is 125 Å². The molecule has 0 aliphatic heterocycles. The van der Waals surface area contributed by atoms with Crippen molar-refractivity contribution < 1.29 is 19.7 Å². The Balaban J connectivity index is 2.59. The molecule has 20 heavy (non-hydrogen) atoms. The van der Waals surface area contributed by atoms with Gasteiger partial charge in [-0.25, -0.2) is 0 Å². The number of para-hydroxylation sites is 1. The van der Waals surface area contributed by atoms with Crippen LogP contribution in [0.2, 0.25) is 0 Å². The van der Waals surface area contributed by atoms with Crippen LogP contribution in [-0.2, 0) is 0 Å². The molecule has 2 N–H and O–H groups in total. The zero-order valence-corrected chi connectivity index (χ0v) is 12.6. The van der Waals surface area contributed by atoms with Crippen molar-refractivity contribution in [2.45, 2.75) is 37.5 Å². The summed E-state index contributed by atoms with van der Waals surface area (Å²) >= 11 is 4.35. The summed E-state index contributed by atoms with van der Waals surface area (Å²) in [6.45, 7) is 1.60. The molecule has 0 spiro atoms. The highest BCUT2D eigenvalue weighted by Gasteiger charge is 2.17. The van der Waals surface area contributed by atoms with Crippen molar-refractivity contribution in [3.05, 3.63) is 29.8 Å². The van der Waals surface area contributed by atoms with Gasteiger partial charge in [0, 0.05) is 5.25 Å². The van der Waals surface area contributed by atoms with Gasteiger partial charge in [0.25, 0.3) is 0 Å². The van der Waals surface area contributed by atoms with Gasteiger partial charge in [-0.15, -0.1) is 0 Å². The van der Waals surface area contributed by atoms with Crippen LogP contribution in [0.4, 0.5) is 0 Å². The zero-order chi connectivity index (χ0) is 15.0. The Morgan fingerprint density at radius 1 is 1.40 bits per heavy atom. The van der Waals surface area contributed by atoms with Gasteiger partial charge in [-0.1, -0.05) is 31.9 Å². The molecule has 1 rings (SSSR count). The molecule has 0 amide bonds. The summed E-state index contributed by atoms with van der Waals surface area (Å²) in [4.78, 5) is 11.5. The van der Waals surface area contributed by atoms with Gasteiger partial charge < -0.3 is 14.9 Å². The summed E-state index contributed by atoms with van der Waals surface area (Å²) < 4.78 is 5.49. The Morgan fingerprint density at radius 3 is 2.75 bits per heavy atom. The first-order chi connectivity index (χ1) is 9.60. The van der Waals surface area contributed by atoms with E-state index in [-0.39, 0.29) is 11.9 Å². The minimum absolute atomic E-state index is 0.0770. The molecular formula is C15H22O4S. The maximum absolute atomic E-state index is 11.5. The molecule has 0 aromatic heterocycles. The molecule has 0 fully saturated rings. The first kappa shape index (κ1) is 17.0. The molecule has 0 saturated heterocycles. The monoisotopic (exact) mass is 298 g/mol. The van der Waals surface area contributed by atoms with Crippen molar-refractivity contribution in [2.75, 3.05) is 13.2 Å². The molecule has 2 atom stereocenters. The number of benzene rings is 1. The molecule has 5 heteroatoms. The standard InChI is InChI=1S/C15H22O4S/c1-2-3-8-15(20)13(18)10-19-14-7-5-4-6-11(14)12(17)9-16/h4-7,13,15-16,18,20H,2-3,8-10H2,1H3. The van der Waals surface area contributed by atoms with Crippen LogP contribution in [0.15, 0.2) is 24.3 Å². The summed E-state index contributed by atoms with van der Waals surface area (Å²) in [5, 5.41) is 18.7. The van der Waals surface area contributed by atoms with Gasteiger partial charge in [-0.3, -0.25) is 4.79 Å². The molecule has 1 aromatic carbocycles. The van der Waals surface area contributed by atoms with Gasteiger partial charge in [-0.2, -0.15) is 12.6 Å². The highest BCUT2D eigenvalue weighted by molar-refractivity contribution is 7.81. The third kappa shape index (κ3) is 5.15. The normalized spacial score (nSPS) is 13.8. The highest BCUT2D eigenvalue weighted by Crippen LogP contribution is 2.20. The number of rotatable bonds is 9. The topological polar surface area (TPSA) is 66.8 Å². The highest BCUT2D eigenvalue weighted by atomic mass is 32.1. The van der Waals surface area contributed by atoms with Gasteiger partial charge in [0.15, 0.2) is 5.78 Å². The van der Waals surface area contributed by atoms with E-state index >= 15 is 0 Å². The number of Topliss-reactive ketones (excluding diaryl/α,β-unsaturated/α-hetero) is 1. The van der Waals surface area contributed by atoms with E-state index in [2.05, 4.69) is 19.6 Å². The average Bonchev–Trinajstić information content (AvgIpc) is 2.49. The number of aliphatic hydroxyl groups excluding tert-OH is 2. The number of hydrogen-bond acceptors (Lipinski definition) is 5. The van der Waals surface area contributed by atoms with E-state index in [4.69, 9.17) is 9.84 Å². The van der Waals surface area contributed by atoms with Crippen LogP contribution < -0.4 is 4.74 Å². The maximum Gasteiger partial charge on any atom is 0.191 e. The predicted octanol–water partition coefficient (Wildman–Crippen LogP) is 2.09. The fraction of sp³-hybridized carbons (Fsp3) is 0.533. The van der Waals surface area contributed by atoms with Crippen LogP contribution in [0.25, 0.3) is 0 Å². The second-order valence-electron chi connectivity index (χ2n) is 4.67. The van der Waals surface area contributed by atoms with E-state index in [1.807, 2.05) is 0 Å². The van der Waals surface area contributed by atoms with E-state index in [0.29, 0.717) is 11.3 Å².